The number of hydrogen-bond acceptors (Lipinski definition) is 4. The van der Waals surface area contributed by atoms with Crippen LogP contribution in [0.25, 0.3) is 0 Å². The highest BCUT2D eigenvalue weighted by Crippen LogP contribution is 2.27. The molecule has 0 bridgehead atoms. The molecule has 0 aromatic heterocycles. The van der Waals surface area contributed by atoms with Crippen LogP contribution in [0.4, 0.5) is 0 Å². The minimum absolute atomic E-state index is 0.0560. The molecule has 1 aliphatic rings. The van der Waals surface area contributed by atoms with Crippen LogP contribution in [-0.2, 0) is 17.8 Å². The van der Waals surface area contributed by atoms with E-state index in [-0.39, 0.29) is 17.8 Å². The molecule has 166 valence electrons. The molecule has 1 heterocycles. The summed E-state index contributed by atoms with van der Waals surface area (Å²) in [7, 11) is 0. The van der Waals surface area contributed by atoms with Crippen LogP contribution in [0, 0.1) is 5.41 Å². The quantitative estimate of drug-likeness (QED) is 0.323. The minimum Gasteiger partial charge on any atom is -0.489 e. The van der Waals surface area contributed by atoms with E-state index in [0.29, 0.717) is 12.2 Å². The van der Waals surface area contributed by atoms with Gasteiger partial charge in [-0.15, -0.1) is 0 Å². The van der Waals surface area contributed by atoms with Gasteiger partial charge in [0.15, 0.2) is 0 Å². The average Bonchev–Trinajstić information content (AvgIpc) is 2.79. The van der Waals surface area contributed by atoms with Crippen LogP contribution in [0.2, 0.25) is 0 Å². The van der Waals surface area contributed by atoms with Gasteiger partial charge in [-0.3, -0.25) is 10.2 Å². The highest BCUT2D eigenvalue weighted by molar-refractivity contribution is 5.97. The lowest BCUT2D eigenvalue weighted by Gasteiger charge is -2.35. The number of ether oxygens (including phenoxy) is 2. The van der Waals surface area contributed by atoms with E-state index < -0.39 is 0 Å². The van der Waals surface area contributed by atoms with E-state index in [1.165, 1.54) is 0 Å². The number of fused-ring (bicyclic) bond motifs is 1. The van der Waals surface area contributed by atoms with Gasteiger partial charge in [-0.1, -0.05) is 31.2 Å². The van der Waals surface area contributed by atoms with Crippen molar-refractivity contribution in [3.63, 3.8) is 0 Å². The Bertz CT molecular complexity index is 895. The van der Waals surface area contributed by atoms with Crippen LogP contribution in [-0.4, -0.2) is 42.4 Å². The normalized spacial score (nSPS) is 14.3. The van der Waals surface area contributed by atoms with E-state index in [1.807, 2.05) is 54.3 Å². The summed E-state index contributed by atoms with van der Waals surface area (Å²) in [5.74, 6) is 0.941. The van der Waals surface area contributed by atoms with Gasteiger partial charge in [0.2, 0.25) is 0 Å². The molecule has 3 N–H and O–H groups in total. The van der Waals surface area contributed by atoms with Crippen molar-refractivity contribution in [2.75, 3.05) is 19.8 Å². The topological polar surface area (TPSA) is 88.6 Å². The third-order valence-electron chi connectivity index (χ3n) is 5.80. The first kappa shape index (κ1) is 22.8. The van der Waals surface area contributed by atoms with Crippen LogP contribution in [0.15, 0.2) is 42.5 Å². The number of nitrogens with two attached hydrogens (primary N) is 1. The van der Waals surface area contributed by atoms with Crippen LogP contribution >= 0.6 is 0 Å². The second-order valence-corrected chi connectivity index (χ2v) is 7.87. The van der Waals surface area contributed by atoms with Crippen molar-refractivity contribution < 1.29 is 14.3 Å². The highest BCUT2D eigenvalue weighted by atomic mass is 16.5. The predicted molar refractivity (Wildman–Crippen MR) is 123 cm³/mol. The molecular weight excluding hydrogens is 390 g/mol. The lowest BCUT2D eigenvalue weighted by Crippen LogP contribution is -2.44. The van der Waals surface area contributed by atoms with E-state index in [1.54, 1.807) is 0 Å². The summed E-state index contributed by atoms with van der Waals surface area (Å²) in [5, 5.41) is 7.46. The zero-order valence-electron chi connectivity index (χ0n) is 18.5. The first-order chi connectivity index (χ1) is 15.0. The fourth-order valence-electron chi connectivity index (χ4n) is 4.01. The standard InChI is InChI=1S/C25H33N3O3/c1-3-21(6-5-15-30-4-2)28-14-13-20-16-22(11-12-23(20)25(28)29)31-17-18-7-9-19(10-8-18)24(26)27/h7-12,16,21H,3-6,13-15,17H2,1-2H3,(H3,26,27). The maximum absolute atomic E-state index is 13.1. The third kappa shape index (κ3) is 5.85. The molecule has 0 aliphatic carbocycles. The number of nitrogen functional groups attached to an aromatic ring is 1. The lowest BCUT2D eigenvalue weighted by atomic mass is 9.95. The summed E-state index contributed by atoms with van der Waals surface area (Å²) in [6, 6.07) is 13.5. The average molecular weight is 424 g/mol. The van der Waals surface area contributed by atoms with Crippen LogP contribution in [0.3, 0.4) is 0 Å². The molecule has 0 radical (unpaired) electrons. The first-order valence-corrected chi connectivity index (χ1v) is 11.1. The Labute approximate surface area is 184 Å². The zero-order chi connectivity index (χ0) is 22.2. The summed E-state index contributed by atoms with van der Waals surface area (Å²) >= 11 is 0. The molecule has 0 spiro atoms. The van der Waals surface area contributed by atoms with Crippen molar-refractivity contribution >= 4 is 11.7 Å². The van der Waals surface area contributed by atoms with E-state index in [9.17, 15) is 4.79 Å². The molecule has 1 amide bonds. The van der Waals surface area contributed by atoms with Crippen LogP contribution < -0.4 is 10.5 Å². The third-order valence-corrected chi connectivity index (χ3v) is 5.80. The van der Waals surface area contributed by atoms with Gasteiger partial charge in [0.1, 0.15) is 18.2 Å². The van der Waals surface area contributed by atoms with Crippen molar-refractivity contribution in [2.45, 2.75) is 52.2 Å². The second kappa shape index (κ2) is 11.0. The maximum atomic E-state index is 13.1. The Kier molecular flexibility index (Phi) is 8.06. The number of amides is 1. The largest absolute Gasteiger partial charge is 0.489 e. The second-order valence-electron chi connectivity index (χ2n) is 7.87. The van der Waals surface area contributed by atoms with Crippen molar-refractivity contribution in [3.05, 3.63) is 64.7 Å². The lowest BCUT2D eigenvalue weighted by molar-refractivity contribution is 0.0623. The molecule has 0 fully saturated rings. The van der Waals surface area contributed by atoms with Crippen LogP contribution in [0.5, 0.6) is 5.75 Å². The van der Waals surface area contributed by atoms with E-state index in [0.717, 1.165) is 67.9 Å². The molecule has 1 aliphatic heterocycles. The Morgan fingerprint density at radius 2 is 1.97 bits per heavy atom. The van der Waals surface area contributed by atoms with Crippen molar-refractivity contribution in [1.82, 2.24) is 4.90 Å². The Morgan fingerprint density at radius 1 is 1.19 bits per heavy atom. The summed E-state index contributed by atoms with van der Waals surface area (Å²) in [5.41, 5.74) is 9.03. The van der Waals surface area contributed by atoms with Crippen molar-refractivity contribution in [2.24, 2.45) is 5.73 Å². The molecule has 3 rings (SSSR count). The fraction of sp³-hybridized carbons (Fsp3) is 0.440. The van der Waals surface area contributed by atoms with E-state index >= 15 is 0 Å². The molecule has 6 nitrogen and oxygen atoms in total. The van der Waals surface area contributed by atoms with Gasteiger partial charge in [-0.2, -0.15) is 0 Å². The molecule has 2 aromatic carbocycles. The zero-order valence-corrected chi connectivity index (χ0v) is 18.5. The van der Waals surface area contributed by atoms with E-state index in [2.05, 4.69) is 6.92 Å². The summed E-state index contributed by atoms with van der Waals surface area (Å²) in [6.07, 6.45) is 3.74. The van der Waals surface area contributed by atoms with Crippen molar-refractivity contribution in [1.29, 1.82) is 5.41 Å². The number of carbonyl (C=O) groups excluding carboxylic acids is 1. The highest BCUT2D eigenvalue weighted by Gasteiger charge is 2.29. The predicted octanol–water partition coefficient (Wildman–Crippen LogP) is 4.14. The smallest absolute Gasteiger partial charge is 0.254 e. The van der Waals surface area contributed by atoms with Crippen molar-refractivity contribution in [3.8, 4) is 5.75 Å². The minimum atomic E-state index is 0.0560. The molecule has 2 aromatic rings. The van der Waals surface area contributed by atoms with Gasteiger partial charge in [0, 0.05) is 36.9 Å². The van der Waals surface area contributed by atoms with Crippen LogP contribution in [0.1, 0.15) is 60.2 Å². The Morgan fingerprint density at radius 3 is 2.65 bits per heavy atom. The molecule has 6 heteroatoms. The van der Waals surface area contributed by atoms with Gasteiger partial charge in [0.05, 0.1) is 0 Å². The van der Waals surface area contributed by atoms with Gasteiger partial charge < -0.3 is 20.1 Å². The van der Waals surface area contributed by atoms with Gasteiger partial charge in [-0.25, -0.2) is 0 Å². The number of rotatable bonds is 11. The van der Waals surface area contributed by atoms with Gasteiger partial charge >= 0.3 is 0 Å². The molecule has 1 atom stereocenters. The number of hydrogen-bond donors (Lipinski definition) is 2. The SMILES string of the molecule is CCOCCCC(CC)N1CCc2cc(OCc3ccc(C(=N)N)cc3)ccc2C1=O. The number of carbonyl (C=O) groups is 1. The number of nitrogens with one attached hydrogen (secondary N) is 1. The number of benzene rings is 2. The Balaban J connectivity index is 1.61. The Hall–Kier alpha value is -2.86. The molecule has 0 saturated carbocycles. The first-order valence-electron chi connectivity index (χ1n) is 11.1. The number of amidine groups is 1. The van der Waals surface area contributed by atoms with Gasteiger partial charge in [0.25, 0.3) is 5.91 Å². The summed E-state index contributed by atoms with van der Waals surface area (Å²) in [4.78, 5) is 15.1. The monoisotopic (exact) mass is 423 g/mol. The molecule has 31 heavy (non-hydrogen) atoms. The molecule has 0 saturated heterocycles. The molecule has 1 unspecified atom stereocenters. The van der Waals surface area contributed by atoms with Gasteiger partial charge in [-0.05, 0) is 61.9 Å². The summed E-state index contributed by atoms with van der Waals surface area (Å²) < 4.78 is 11.4. The maximum Gasteiger partial charge on any atom is 0.254 e. The van der Waals surface area contributed by atoms with E-state index in [4.69, 9.17) is 20.6 Å². The fourth-order valence-corrected chi connectivity index (χ4v) is 4.01. The number of nitrogens with zero attached hydrogens (tertiary/aromatic N) is 1. The molecular formula is C25H33N3O3. The summed E-state index contributed by atoms with van der Waals surface area (Å²) in [6.45, 7) is 6.81.